The predicted octanol–water partition coefficient (Wildman–Crippen LogP) is 4.06. The van der Waals surface area contributed by atoms with E-state index < -0.39 is 0 Å². The van der Waals surface area contributed by atoms with E-state index in [0.717, 1.165) is 11.4 Å². The minimum absolute atomic E-state index is 0.0454. The molecule has 0 saturated heterocycles. The molecule has 1 amide bonds. The van der Waals surface area contributed by atoms with E-state index in [-0.39, 0.29) is 17.4 Å². The van der Waals surface area contributed by atoms with Gasteiger partial charge in [0, 0.05) is 28.2 Å². The van der Waals surface area contributed by atoms with Gasteiger partial charge < -0.3 is 5.32 Å². The molecule has 1 aromatic heterocycles. The zero-order valence-electron chi connectivity index (χ0n) is 15.1. The van der Waals surface area contributed by atoms with Crippen LogP contribution in [0.4, 0.5) is 5.69 Å². The summed E-state index contributed by atoms with van der Waals surface area (Å²) >= 11 is 1.29. The van der Waals surface area contributed by atoms with Crippen molar-refractivity contribution in [3.63, 3.8) is 0 Å². The van der Waals surface area contributed by atoms with E-state index in [1.807, 2.05) is 38.1 Å². The number of nitrogens with zero attached hydrogens (tertiary/aromatic N) is 2. The van der Waals surface area contributed by atoms with Gasteiger partial charge in [-0.1, -0.05) is 42.1 Å². The first-order chi connectivity index (χ1) is 13.0. The summed E-state index contributed by atoms with van der Waals surface area (Å²) in [5.41, 5.74) is 3.62. The van der Waals surface area contributed by atoms with Crippen LogP contribution in [0, 0.1) is 13.8 Å². The highest BCUT2D eigenvalue weighted by molar-refractivity contribution is 7.99. The minimum atomic E-state index is -0.148. The van der Waals surface area contributed by atoms with Crippen LogP contribution in [0.25, 0.3) is 0 Å². The lowest BCUT2D eigenvalue weighted by Gasteiger charge is -2.07. The second-order valence-electron chi connectivity index (χ2n) is 6.04. The van der Waals surface area contributed by atoms with Crippen molar-refractivity contribution in [1.29, 1.82) is 0 Å². The van der Waals surface area contributed by atoms with Gasteiger partial charge in [-0.05, 0) is 44.2 Å². The number of ketones is 1. The highest BCUT2D eigenvalue weighted by Gasteiger charge is 2.10. The van der Waals surface area contributed by atoms with Gasteiger partial charge in [0.2, 0.25) is 5.91 Å². The number of anilines is 1. The molecule has 0 aliphatic carbocycles. The molecule has 2 aromatic carbocycles. The molecule has 0 bridgehead atoms. The summed E-state index contributed by atoms with van der Waals surface area (Å²) in [5.74, 6) is 0.0222. The van der Waals surface area contributed by atoms with Crippen LogP contribution < -0.4 is 5.32 Å². The standard InChI is InChI=1S/C21H19N3O2S/c1-14-12-15(2)23-21(22-14)27-13-19(25)24-18-10-8-17(9-11-18)20(26)16-6-4-3-5-7-16/h3-12H,13H2,1-2H3,(H,24,25). The number of hydrogen-bond donors (Lipinski definition) is 1. The summed E-state index contributed by atoms with van der Waals surface area (Å²) in [6, 6.07) is 17.9. The van der Waals surface area contributed by atoms with Crippen LogP contribution in [0.3, 0.4) is 0 Å². The largest absolute Gasteiger partial charge is 0.325 e. The Hall–Kier alpha value is -2.99. The summed E-state index contributed by atoms with van der Waals surface area (Å²) in [7, 11) is 0. The number of carbonyl (C=O) groups excluding carboxylic acids is 2. The molecule has 3 aromatic rings. The summed E-state index contributed by atoms with van der Waals surface area (Å²) < 4.78 is 0. The van der Waals surface area contributed by atoms with Crippen molar-refractivity contribution in [2.45, 2.75) is 19.0 Å². The first-order valence-corrected chi connectivity index (χ1v) is 9.44. The van der Waals surface area contributed by atoms with Gasteiger partial charge in [-0.3, -0.25) is 9.59 Å². The normalized spacial score (nSPS) is 10.4. The zero-order valence-corrected chi connectivity index (χ0v) is 15.9. The molecule has 0 unspecified atom stereocenters. The summed E-state index contributed by atoms with van der Waals surface area (Å²) in [6.45, 7) is 3.80. The first-order valence-electron chi connectivity index (χ1n) is 8.46. The van der Waals surface area contributed by atoms with Gasteiger partial charge in [0.1, 0.15) is 0 Å². The van der Waals surface area contributed by atoms with Crippen molar-refractivity contribution >= 4 is 29.1 Å². The molecular formula is C21H19N3O2S. The third-order valence-electron chi connectivity index (χ3n) is 3.76. The fourth-order valence-electron chi connectivity index (χ4n) is 2.55. The maximum atomic E-state index is 12.4. The lowest BCUT2D eigenvalue weighted by molar-refractivity contribution is -0.113. The van der Waals surface area contributed by atoms with Gasteiger partial charge in [-0.2, -0.15) is 0 Å². The summed E-state index contributed by atoms with van der Waals surface area (Å²) in [6.07, 6.45) is 0. The molecule has 136 valence electrons. The van der Waals surface area contributed by atoms with E-state index in [2.05, 4.69) is 15.3 Å². The van der Waals surface area contributed by atoms with Crippen LogP contribution in [-0.2, 0) is 4.79 Å². The Morgan fingerprint density at radius 2 is 1.48 bits per heavy atom. The molecule has 0 saturated carbocycles. The highest BCUT2D eigenvalue weighted by Crippen LogP contribution is 2.16. The molecular weight excluding hydrogens is 358 g/mol. The smallest absolute Gasteiger partial charge is 0.234 e. The van der Waals surface area contributed by atoms with Gasteiger partial charge >= 0.3 is 0 Å². The molecule has 3 rings (SSSR count). The minimum Gasteiger partial charge on any atom is -0.325 e. The van der Waals surface area contributed by atoms with Crippen molar-refractivity contribution in [2.24, 2.45) is 0 Å². The second-order valence-corrected chi connectivity index (χ2v) is 6.99. The molecule has 0 atom stereocenters. The fourth-order valence-corrected chi connectivity index (χ4v) is 3.30. The Balaban J connectivity index is 1.57. The molecule has 0 aliphatic heterocycles. The lowest BCUT2D eigenvalue weighted by atomic mass is 10.0. The number of aryl methyl sites for hydroxylation is 2. The van der Waals surface area contributed by atoms with Gasteiger partial charge in [0.25, 0.3) is 0 Å². The van der Waals surface area contributed by atoms with E-state index in [1.165, 1.54) is 11.8 Å². The van der Waals surface area contributed by atoms with Crippen LogP contribution in [0.1, 0.15) is 27.3 Å². The van der Waals surface area contributed by atoms with Gasteiger partial charge in [0.05, 0.1) is 5.75 Å². The first kappa shape index (κ1) is 18.8. The monoisotopic (exact) mass is 377 g/mol. The van der Waals surface area contributed by atoms with E-state index in [0.29, 0.717) is 22.0 Å². The third-order valence-corrected chi connectivity index (χ3v) is 4.61. The number of carbonyl (C=O) groups is 2. The average Bonchev–Trinajstić information content (AvgIpc) is 2.66. The molecule has 6 heteroatoms. The number of rotatable bonds is 6. The highest BCUT2D eigenvalue weighted by atomic mass is 32.2. The van der Waals surface area contributed by atoms with Crippen LogP contribution in [0.2, 0.25) is 0 Å². The van der Waals surface area contributed by atoms with Crippen molar-refractivity contribution in [3.8, 4) is 0 Å². The summed E-state index contributed by atoms with van der Waals surface area (Å²) in [4.78, 5) is 33.1. The topological polar surface area (TPSA) is 72.0 Å². The van der Waals surface area contributed by atoms with Gasteiger partial charge in [0.15, 0.2) is 10.9 Å². The molecule has 27 heavy (non-hydrogen) atoms. The maximum absolute atomic E-state index is 12.4. The molecule has 1 heterocycles. The third kappa shape index (κ3) is 5.24. The second kappa shape index (κ2) is 8.60. The number of aromatic nitrogens is 2. The fraction of sp³-hybridized carbons (Fsp3) is 0.143. The van der Waals surface area contributed by atoms with Crippen molar-refractivity contribution in [2.75, 3.05) is 11.1 Å². The molecule has 5 nitrogen and oxygen atoms in total. The van der Waals surface area contributed by atoms with Crippen LogP contribution in [0.15, 0.2) is 65.8 Å². The zero-order chi connectivity index (χ0) is 19.2. The number of hydrogen-bond acceptors (Lipinski definition) is 5. The Morgan fingerprint density at radius 1 is 0.889 bits per heavy atom. The SMILES string of the molecule is Cc1cc(C)nc(SCC(=O)Nc2ccc(C(=O)c3ccccc3)cc2)n1. The maximum Gasteiger partial charge on any atom is 0.234 e. The van der Waals surface area contributed by atoms with Crippen LogP contribution in [0.5, 0.6) is 0 Å². The Bertz CT molecular complexity index is 937. The van der Waals surface area contributed by atoms with Gasteiger partial charge in [-0.25, -0.2) is 9.97 Å². The van der Waals surface area contributed by atoms with Crippen LogP contribution >= 0.6 is 11.8 Å². The summed E-state index contributed by atoms with van der Waals surface area (Å²) in [5, 5.41) is 3.41. The number of nitrogens with one attached hydrogen (secondary N) is 1. The van der Waals surface area contributed by atoms with E-state index in [1.54, 1.807) is 36.4 Å². The number of benzene rings is 2. The molecule has 1 N–H and O–H groups in total. The van der Waals surface area contributed by atoms with E-state index >= 15 is 0 Å². The van der Waals surface area contributed by atoms with Crippen LogP contribution in [-0.4, -0.2) is 27.4 Å². The van der Waals surface area contributed by atoms with Crippen molar-refractivity contribution in [3.05, 3.63) is 83.2 Å². The number of amides is 1. The van der Waals surface area contributed by atoms with E-state index in [4.69, 9.17) is 0 Å². The Morgan fingerprint density at radius 3 is 2.11 bits per heavy atom. The molecule has 0 aliphatic rings. The molecule has 0 fully saturated rings. The Labute approximate surface area is 162 Å². The molecule has 0 radical (unpaired) electrons. The number of thioether (sulfide) groups is 1. The Kier molecular flexibility index (Phi) is 5.98. The van der Waals surface area contributed by atoms with Crippen molar-refractivity contribution < 1.29 is 9.59 Å². The van der Waals surface area contributed by atoms with Gasteiger partial charge in [-0.15, -0.1) is 0 Å². The van der Waals surface area contributed by atoms with E-state index in [9.17, 15) is 9.59 Å². The van der Waals surface area contributed by atoms with Crippen molar-refractivity contribution in [1.82, 2.24) is 9.97 Å². The quantitative estimate of drug-likeness (QED) is 0.398. The lowest BCUT2D eigenvalue weighted by Crippen LogP contribution is -2.14. The average molecular weight is 377 g/mol. The molecule has 0 spiro atoms. The predicted molar refractivity (Wildman–Crippen MR) is 107 cm³/mol.